The summed E-state index contributed by atoms with van der Waals surface area (Å²) in [4.78, 5) is 49.5. The van der Waals surface area contributed by atoms with Crippen LogP contribution in [0.5, 0.6) is 0 Å². The lowest BCUT2D eigenvalue weighted by atomic mass is 10.1. The third kappa shape index (κ3) is 3.58. The summed E-state index contributed by atoms with van der Waals surface area (Å²) in [6.07, 6.45) is 0. The van der Waals surface area contributed by atoms with Crippen molar-refractivity contribution in [3.63, 3.8) is 0 Å². The van der Waals surface area contributed by atoms with E-state index in [4.69, 9.17) is 4.74 Å². The Morgan fingerprint density at radius 2 is 1.45 bits per heavy atom. The molecule has 1 aliphatic heterocycles. The van der Waals surface area contributed by atoms with Gasteiger partial charge < -0.3 is 10.1 Å². The van der Waals surface area contributed by atoms with E-state index in [-0.39, 0.29) is 17.7 Å². The molecular formula is C22H16N2O5. The first-order valence-corrected chi connectivity index (χ1v) is 8.92. The Kier molecular flexibility index (Phi) is 4.78. The Balaban J connectivity index is 1.32. The molecule has 29 heavy (non-hydrogen) atoms. The Labute approximate surface area is 165 Å². The minimum absolute atomic E-state index is 0.276. The SMILES string of the molecule is O=C(CNC(=O)c1ccc2ccccc2c1)OCN1C(=O)c2ccccc2C1=O. The number of ether oxygens (including phenoxy) is 1. The summed E-state index contributed by atoms with van der Waals surface area (Å²) in [7, 11) is 0. The van der Waals surface area contributed by atoms with Crippen molar-refractivity contribution in [2.45, 2.75) is 0 Å². The van der Waals surface area contributed by atoms with Crippen LogP contribution >= 0.6 is 0 Å². The first kappa shape index (κ1) is 18.4. The van der Waals surface area contributed by atoms with Crippen molar-refractivity contribution in [2.24, 2.45) is 0 Å². The number of rotatable bonds is 5. The van der Waals surface area contributed by atoms with Crippen LogP contribution in [0.2, 0.25) is 0 Å². The molecule has 0 fully saturated rings. The van der Waals surface area contributed by atoms with E-state index in [2.05, 4.69) is 5.32 Å². The quantitative estimate of drug-likeness (QED) is 0.535. The summed E-state index contributed by atoms with van der Waals surface area (Å²) in [5, 5.41) is 4.39. The normalized spacial score (nSPS) is 12.8. The van der Waals surface area contributed by atoms with Gasteiger partial charge in [0.15, 0.2) is 6.73 Å². The van der Waals surface area contributed by atoms with E-state index in [0.29, 0.717) is 5.56 Å². The van der Waals surface area contributed by atoms with Gasteiger partial charge in [0.1, 0.15) is 6.54 Å². The maximum absolute atomic E-state index is 12.3. The number of carbonyl (C=O) groups is 4. The number of amides is 3. The van der Waals surface area contributed by atoms with Crippen molar-refractivity contribution >= 4 is 34.5 Å². The number of hydrogen-bond donors (Lipinski definition) is 1. The van der Waals surface area contributed by atoms with Crippen molar-refractivity contribution in [1.29, 1.82) is 0 Å². The molecule has 0 aromatic heterocycles. The van der Waals surface area contributed by atoms with Gasteiger partial charge in [-0.3, -0.25) is 19.2 Å². The topological polar surface area (TPSA) is 92.8 Å². The standard InChI is InChI=1S/C22H16N2O5/c25-19(29-13-24-21(27)17-7-3-4-8-18(17)22(24)28)12-23-20(26)16-10-9-14-5-1-2-6-15(14)11-16/h1-11H,12-13H2,(H,23,26). The van der Waals surface area contributed by atoms with E-state index in [1.807, 2.05) is 30.3 Å². The van der Waals surface area contributed by atoms with E-state index in [1.165, 1.54) is 0 Å². The van der Waals surface area contributed by atoms with E-state index >= 15 is 0 Å². The molecule has 0 bridgehead atoms. The van der Waals surface area contributed by atoms with E-state index < -0.39 is 30.4 Å². The fourth-order valence-electron chi connectivity index (χ4n) is 3.13. The molecular weight excluding hydrogens is 372 g/mol. The van der Waals surface area contributed by atoms with Crippen LogP contribution in [0.3, 0.4) is 0 Å². The van der Waals surface area contributed by atoms with Crippen LogP contribution in [0.25, 0.3) is 10.8 Å². The average molecular weight is 388 g/mol. The summed E-state index contributed by atoms with van der Waals surface area (Å²) in [6.45, 7) is -0.883. The van der Waals surface area contributed by atoms with E-state index in [9.17, 15) is 19.2 Å². The van der Waals surface area contributed by atoms with Gasteiger partial charge in [-0.15, -0.1) is 0 Å². The van der Waals surface area contributed by atoms with E-state index in [0.717, 1.165) is 15.7 Å². The Hall–Kier alpha value is -4.00. The molecule has 0 radical (unpaired) electrons. The van der Waals surface area contributed by atoms with Gasteiger partial charge in [0.05, 0.1) is 11.1 Å². The second-order valence-corrected chi connectivity index (χ2v) is 6.47. The van der Waals surface area contributed by atoms with Crippen LogP contribution in [0, 0.1) is 0 Å². The fourth-order valence-corrected chi connectivity index (χ4v) is 3.13. The Bertz CT molecular complexity index is 1120. The highest BCUT2D eigenvalue weighted by Crippen LogP contribution is 2.22. The molecule has 0 unspecified atom stereocenters. The molecule has 1 aliphatic rings. The number of esters is 1. The van der Waals surface area contributed by atoms with Crippen LogP contribution < -0.4 is 5.32 Å². The fraction of sp³-hybridized carbons (Fsp3) is 0.0909. The van der Waals surface area contributed by atoms with Crippen LogP contribution in [-0.4, -0.2) is 41.9 Å². The number of carbonyl (C=O) groups excluding carboxylic acids is 4. The molecule has 144 valence electrons. The van der Waals surface area contributed by atoms with Gasteiger partial charge in [0.25, 0.3) is 17.7 Å². The summed E-state index contributed by atoms with van der Waals surface area (Å²) < 4.78 is 4.99. The molecule has 7 heteroatoms. The predicted octanol–water partition coefficient (Wildman–Crippen LogP) is 2.37. The molecule has 1 heterocycles. The van der Waals surface area contributed by atoms with Crippen LogP contribution in [-0.2, 0) is 9.53 Å². The molecule has 3 aromatic carbocycles. The summed E-state index contributed by atoms with van der Waals surface area (Å²) in [6, 6.07) is 19.2. The Morgan fingerprint density at radius 3 is 2.14 bits per heavy atom. The molecule has 0 saturated heterocycles. The molecule has 0 saturated carbocycles. The first-order valence-electron chi connectivity index (χ1n) is 8.92. The predicted molar refractivity (Wildman–Crippen MR) is 104 cm³/mol. The smallest absolute Gasteiger partial charge is 0.327 e. The Morgan fingerprint density at radius 1 is 0.828 bits per heavy atom. The van der Waals surface area contributed by atoms with Crippen LogP contribution in [0.15, 0.2) is 66.7 Å². The highest BCUT2D eigenvalue weighted by atomic mass is 16.5. The molecule has 3 amide bonds. The third-order valence-electron chi connectivity index (χ3n) is 4.64. The van der Waals surface area contributed by atoms with Gasteiger partial charge in [0.2, 0.25) is 0 Å². The van der Waals surface area contributed by atoms with Crippen molar-refractivity contribution in [3.8, 4) is 0 Å². The zero-order valence-corrected chi connectivity index (χ0v) is 15.3. The van der Waals surface area contributed by atoms with Gasteiger partial charge in [0, 0.05) is 5.56 Å². The molecule has 3 aromatic rings. The number of nitrogens with one attached hydrogen (secondary N) is 1. The zero-order valence-electron chi connectivity index (χ0n) is 15.3. The number of benzene rings is 3. The zero-order chi connectivity index (χ0) is 20.4. The van der Waals surface area contributed by atoms with Crippen molar-refractivity contribution in [2.75, 3.05) is 13.3 Å². The second-order valence-electron chi connectivity index (χ2n) is 6.47. The van der Waals surface area contributed by atoms with Gasteiger partial charge in [-0.05, 0) is 35.0 Å². The molecule has 4 rings (SSSR count). The number of imide groups is 1. The highest BCUT2D eigenvalue weighted by molar-refractivity contribution is 6.21. The largest absolute Gasteiger partial charge is 0.442 e. The lowest BCUT2D eigenvalue weighted by Gasteiger charge is -2.14. The average Bonchev–Trinajstić information content (AvgIpc) is 3.00. The first-order chi connectivity index (χ1) is 14.0. The summed E-state index contributed by atoms with van der Waals surface area (Å²) in [5.41, 5.74) is 0.966. The number of fused-ring (bicyclic) bond motifs is 2. The molecule has 0 atom stereocenters. The van der Waals surface area contributed by atoms with E-state index in [1.54, 1.807) is 36.4 Å². The van der Waals surface area contributed by atoms with Gasteiger partial charge in [-0.2, -0.15) is 0 Å². The molecule has 1 N–H and O–H groups in total. The van der Waals surface area contributed by atoms with Crippen LogP contribution in [0.4, 0.5) is 0 Å². The second kappa shape index (κ2) is 7.55. The summed E-state index contributed by atoms with van der Waals surface area (Å²) >= 11 is 0. The number of hydrogen-bond acceptors (Lipinski definition) is 5. The lowest BCUT2D eigenvalue weighted by Crippen LogP contribution is -2.36. The van der Waals surface area contributed by atoms with Crippen molar-refractivity contribution in [1.82, 2.24) is 10.2 Å². The minimum Gasteiger partial charge on any atom is -0.442 e. The highest BCUT2D eigenvalue weighted by Gasteiger charge is 2.35. The molecule has 0 spiro atoms. The number of nitrogens with zero attached hydrogens (tertiary/aromatic N) is 1. The van der Waals surface area contributed by atoms with Crippen LogP contribution in [0.1, 0.15) is 31.1 Å². The minimum atomic E-state index is -0.754. The van der Waals surface area contributed by atoms with Crippen molar-refractivity contribution < 1.29 is 23.9 Å². The third-order valence-corrected chi connectivity index (χ3v) is 4.64. The molecule has 0 aliphatic carbocycles. The lowest BCUT2D eigenvalue weighted by molar-refractivity contribution is -0.145. The monoisotopic (exact) mass is 388 g/mol. The van der Waals surface area contributed by atoms with Gasteiger partial charge in [-0.1, -0.05) is 42.5 Å². The van der Waals surface area contributed by atoms with Gasteiger partial charge in [-0.25, -0.2) is 4.90 Å². The van der Waals surface area contributed by atoms with Gasteiger partial charge >= 0.3 is 5.97 Å². The maximum Gasteiger partial charge on any atom is 0.327 e. The maximum atomic E-state index is 12.3. The summed E-state index contributed by atoms with van der Waals surface area (Å²) in [5.74, 6) is -2.21. The molecule has 7 nitrogen and oxygen atoms in total. The van der Waals surface area contributed by atoms with Crippen molar-refractivity contribution in [3.05, 3.63) is 83.4 Å².